The summed E-state index contributed by atoms with van der Waals surface area (Å²) in [5.41, 5.74) is -0.349. The zero-order valence-corrected chi connectivity index (χ0v) is 6.71. The molecule has 62 valence electrons. The lowest BCUT2D eigenvalue weighted by molar-refractivity contribution is -0.136. The molecule has 2 nitrogen and oxygen atoms in total. The van der Waals surface area contributed by atoms with Gasteiger partial charge >= 0.3 is 0 Å². The Morgan fingerprint density at radius 1 is 1.36 bits per heavy atom. The van der Waals surface area contributed by atoms with E-state index >= 15 is 0 Å². The van der Waals surface area contributed by atoms with Gasteiger partial charge in [0.05, 0.1) is 0 Å². The van der Waals surface area contributed by atoms with Gasteiger partial charge in [0.2, 0.25) is 0 Å². The van der Waals surface area contributed by atoms with Gasteiger partial charge in [0.25, 0.3) is 0 Å². The highest BCUT2D eigenvalue weighted by Gasteiger charge is 2.45. The Kier molecular flexibility index (Phi) is 1.72. The SMILES string of the molecule is O=CC1(C2CCC2)CCCO1. The van der Waals surface area contributed by atoms with Crippen LogP contribution in [0.3, 0.4) is 0 Å². The van der Waals surface area contributed by atoms with E-state index in [1.165, 1.54) is 19.3 Å². The van der Waals surface area contributed by atoms with Gasteiger partial charge in [0.1, 0.15) is 5.60 Å². The lowest BCUT2D eigenvalue weighted by atomic mass is 9.72. The highest BCUT2D eigenvalue weighted by atomic mass is 16.5. The molecule has 0 radical (unpaired) electrons. The van der Waals surface area contributed by atoms with E-state index in [-0.39, 0.29) is 5.60 Å². The Bertz CT molecular complexity index is 155. The molecule has 0 aromatic heterocycles. The largest absolute Gasteiger partial charge is 0.367 e. The van der Waals surface area contributed by atoms with Crippen molar-refractivity contribution >= 4 is 6.29 Å². The summed E-state index contributed by atoms with van der Waals surface area (Å²) in [6.45, 7) is 0.787. The van der Waals surface area contributed by atoms with Gasteiger partial charge in [-0.3, -0.25) is 0 Å². The minimum atomic E-state index is -0.349. The monoisotopic (exact) mass is 154 g/mol. The topological polar surface area (TPSA) is 26.3 Å². The molecular formula is C9H14O2. The minimum Gasteiger partial charge on any atom is -0.367 e. The number of carbonyl (C=O) groups is 1. The van der Waals surface area contributed by atoms with E-state index in [1.54, 1.807) is 0 Å². The lowest BCUT2D eigenvalue weighted by Gasteiger charge is -2.37. The summed E-state index contributed by atoms with van der Waals surface area (Å²) < 4.78 is 5.53. The molecule has 1 saturated carbocycles. The third kappa shape index (κ3) is 1.00. The second-order valence-corrected chi connectivity index (χ2v) is 3.65. The molecule has 0 spiro atoms. The Morgan fingerprint density at radius 2 is 2.18 bits per heavy atom. The van der Waals surface area contributed by atoms with Crippen LogP contribution in [0.5, 0.6) is 0 Å². The van der Waals surface area contributed by atoms with Crippen molar-refractivity contribution in [3.05, 3.63) is 0 Å². The predicted molar refractivity (Wildman–Crippen MR) is 41.3 cm³/mol. The second-order valence-electron chi connectivity index (χ2n) is 3.65. The second kappa shape index (κ2) is 2.59. The first-order valence-electron chi connectivity index (χ1n) is 4.48. The van der Waals surface area contributed by atoms with Crippen molar-refractivity contribution in [2.24, 2.45) is 5.92 Å². The number of carbonyl (C=O) groups excluding carboxylic acids is 1. The van der Waals surface area contributed by atoms with Gasteiger partial charge in [0.15, 0.2) is 6.29 Å². The highest BCUT2D eigenvalue weighted by molar-refractivity contribution is 5.64. The maximum absolute atomic E-state index is 10.8. The molecule has 2 heteroatoms. The lowest BCUT2D eigenvalue weighted by Crippen LogP contribution is -2.42. The van der Waals surface area contributed by atoms with Crippen molar-refractivity contribution in [3.8, 4) is 0 Å². The zero-order valence-electron chi connectivity index (χ0n) is 6.71. The molecule has 1 saturated heterocycles. The Labute approximate surface area is 66.9 Å². The molecule has 1 aliphatic carbocycles. The molecule has 11 heavy (non-hydrogen) atoms. The van der Waals surface area contributed by atoms with Crippen molar-refractivity contribution in [1.29, 1.82) is 0 Å². The molecule has 0 N–H and O–H groups in total. The van der Waals surface area contributed by atoms with Crippen LogP contribution in [0.25, 0.3) is 0 Å². The summed E-state index contributed by atoms with van der Waals surface area (Å²) >= 11 is 0. The van der Waals surface area contributed by atoms with E-state index in [1.807, 2.05) is 0 Å². The molecule has 1 aliphatic heterocycles. The van der Waals surface area contributed by atoms with Crippen molar-refractivity contribution in [2.75, 3.05) is 6.61 Å². The van der Waals surface area contributed by atoms with Crippen LogP contribution in [-0.2, 0) is 9.53 Å². The van der Waals surface area contributed by atoms with E-state index in [0.29, 0.717) is 5.92 Å². The standard InChI is InChI=1S/C9H14O2/c10-7-9(5-2-6-11-9)8-3-1-4-8/h7-8H,1-6H2. The summed E-state index contributed by atoms with van der Waals surface area (Å²) in [5.74, 6) is 0.544. The summed E-state index contributed by atoms with van der Waals surface area (Å²) in [7, 11) is 0. The van der Waals surface area contributed by atoms with Gasteiger partial charge in [-0.05, 0) is 31.6 Å². The smallest absolute Gasteiger partial charge is 0.152 e. The molecular weight excluding hydrogens is 140 g/mol. The van der Waals surface area contributed by atoms with E-state index in [9.17, 15) is 4.79 Å². The van der Waals surface area contributed by atoms with Gasteiger partial charge < -0.3 is 9.53 Å². The highest BCUT2D eigenvalue weighted by Crippen LogP contribution is 2.42. The van der Waals surface area contributed by atoms with Crippen LogP contribution >= 0.6 is 0 Å². The molecule has 2 rings (SSSR count). The normalized spacial score (nSPS) is 38.5. The number of aldehydes is 1. The molecule has 1 heterocycles. The third-order valence-corrected chi connectivity index (χ3v) is 3.08. The maximum atomic E-state index is 10.8. The van der Waals surface area contributed by atoms with Gasteiger partial charge in [-0.2, -0.15) is 0 Å². The summed E-state index contributed by atoms with van der Waals surface area (Å²) in [6, 6.07) is 0. The van der Waals surface area contributed by atoms with E-state index in [2.05, 4.69) is 0 Å². The summed E-state index contributed by atoms with van der Waals surface area (Å²) in [4.78, 5) is 10.8. The number of rotatable bonds is 2. The molecule has 2 aliphatic rings. The maximum Gasteiger partial charge on any atom is 0.152 e. The van der Waals surface area contributed by atoms with Crippen LogP contribution in [0, 0.1) is 5.92 Å². The van der Waals surface area contributed by atoms with Crippen LogP contribution in [0.4, 0.5) is 0 Å². The van der Waals surface area contributed by atoms with Crippen LogP contribution in [0.2, 0.25) is 0 Å². The van der Waals surface area contributed by atoms with Crippen LogP contribution in [0.1, 0.15) is 32.1 Å². The molecule has 0 amide bonds. The quantitative estimate of drug-likeness (QED) is 0.564. The van der Waals surface area contributed by atoms with E-state index in [0.717, 1.165) is 25.7 Å². The Hall–Kier alpha value is -0.370. The zero-order chi connectivity index (χ0) is 7.73. The molecule has 1 atom stereocenters. The van der Waals surface area contributed by atoms with Gasteiger partial charge in [-0.25, -0.2) is 0 Å². The number of ether oxygens (including phenoxy) is 1. The average molecular weight is 154 g/mol. The van der Waals surface area contributed by atoms with Gasteiger partial charge in [0, 0.05) is 6.61 Å². The van der Waals surface area contributed by atoms with Crippen LogP contribution < -0.4 is 0 Å². The number of hydrogen-bond acceptors (Lipinski definition) is 2. The molecule has 0 aromatic carbocycles. The van der Waals surface area contributed by atoms with Crippen molar-refractivity contribution < 1.29 is 9.53 Å². The van der Waals surface area contributed by atoms with E-state index in [4.69, 9.17) is 4.74 Å². The van der Waals surface area contributed by atoms with Crippen molar-refractivity contribution in [2.45, 2.75) is 37.7 Å². The first kappa shape index (κ1) is 7.29. The van der Waals surface area contributed by atoms with Crippen LogP contribution in [-0.4, -0.2) is 18.5 Å². The summed E-state index contributed by atoms with van der Waals surface area (Å²) in [6.07, 6.45) is 6.74. The van der Waals surface area contributed by atoms with E-state index < -0.39 is 0 Å². The Balaban J connectivity index is 2.07. The fourth-order valence-corrected chi connectivity index (χ4v) is 2.09. The third-order valence-electron chi connectivity index (χ3n) is 3.08. The van der Waals surface area contributed by atoms with Gasteiger partial charge in [-0.1, -0.05) is 6.42 Å². The first-order chi connectivity index (χ1) is 5.37. The predicted octanol–water partition coefficient (Wildman–Crippen LogP) is 1.53. The molecule has 2 fully saturated rings. The fourth-order valence-electron chi connectivity index (χ4n) is 2.09. The minimum absolute atomic E-state index is 0.349. The summed E-state index contributed by atoms with van der Waals surface area (Å²) in [5, 5.41) is 0. The Morgan fingerprint density at radius 3 is 2.55 bits per heavy atom. The fraction of sp³-hybridized carbons (Fsp3) is 0.889. The van der Waals surface area contributed by atoms with Gasteiger partial charge in [-0.15, -0.1) is 0 Å². The molecule has 0 aromatic rings. The first-order valence-corrected chi connectivity index (χ1v) is 4.48. The number of hydrogen-bond donors (Lipinski definition) is 0. The average Bonchev–Trinajstić information content (AvgIpc) is 2.34. The van der Waals surface area contributed by atoms with Crippen molar-refractivity contribution in [1.82, 2.24) is 0 Å². The molecule has 1 unspecified atom stereocenters. The molecule has 0 bridgehead atoms. The van der Waals surface area contributed by atoms with Crippen molar-refractivity contribution in [3.63, 3.8) is 0 Å². The van der Waals surface area contributed by atoms with Crippen LogP contribution in [0.15, 0.2) is 0 Å².